The van der Waals surface area contributed by atoms with Crippen molar-refractivity contribution in [2.75, 3.05) is 20.1 Å². The molecule has 0 atom stereocenters. The Morgan fingerprint density at radius 3 is 2.12 bits per heavy atom. The van der Waals surface area contributed by atoms with Crippen LogP contribution in [-0.4, -0.2) is 30.6 Å². The first-order chi connectivity index (χ1) is 7.60. The van der Waals surface area contributed by atoms with Gasteiger partial charge in [0.25, 0.3) is 0 Å². The van der Waals surface area contributed by atoms with Crippen molar-refractivity contribution in [1.82, 2.24) is 4.90 Å². The monoisotopic (exact) mass is 226 g/mol. The minimum Gasteiger partial charge on any atom is -0.329 e. The van der Waals surface area contributed by atoms with E-state index in [1.165, 1.54) is 51.5 Å². The second kappa shape index (κ2) is 6.61. The van der Waals surface area contributed by atoms with Gasteiger partial charge in [0.1, 0.15) is 0 Å². The Morgan fingerprint density at radius 2 is 1.69 bits per heavy atom. The largest absolute Gasteiger partial charge is 0.329 e. The normalized spacial score (nSPS) is 21.4. The van der Waals surface area contributed by atoms with Gasteiger partial charge in [0.2, 0.25) is 0 Å². The van der Waals surface area contributed by atoms with Gasteiger partial charge in [-0.05, 0) is 38.8 Å². The van der Waals surface area contributed by atoms with Crippen molar-refractivity contribution >= 4 is 0 Å². The maximum atomic E-state index is 6.07. The molecule has 16 heavy (non-hydrogen) atoms. The number of hydrogen-bond acceptors (Lipinski definition) is 2. The van der Waals surface area contributed by atoms with Gasteiger partial charge in [-0.1, -0.05) is 39.5 Å². The first-order valence-corrected chi connectivity index (χ1v) is 7.02. The third-order valence-corrected chi connectivity index (χ3v) is 4.27. The van der Waals surface area contributed by atoms with Crippen LogP contribution in [0.4, 0.5) is 0 Å². The van der Waals surface area contributed by atoms with Crippen LogP contribution in [-0.2, 0) is 0 Å². The Morgan fingerprint density at radius 1 is 1.12 bits per heavy atom. The van der Waals surface area contributed by atoms with E-state index < -0.39 is 0 Å². The number of rotatable bonds is 5. The number of likely N-dealkylation sites (N-methyl/N-ethyl adjacent to an activating group) is 1. The summed E-state index contributed by atoms with van der Waals surface area (Å²) in [5.74, 6) is 0.794. The lowest BCUT2D eigenvalue weighted by Crippen LogP contribution is -2.52. The van der Waals surface area contributed by atoms with E-state index in [1.807, 2.05) is 0 Å². The standard InChI is InChI=1S/C14H30N2/c1-13(2)8-11-16(3)14(12-15)9-6-4-5-7-10-14/h13H,4-12,15H2,1-3H3. The van der Waals surface area contributed by atoms with Gasteiger partial charge in [0.05, 0.1) is 0 Å². The molecule has 0 amide bonds. The van der Waals surface area contributed by atoms with Gasteiger partial charge in [-0.25, -0.2) is 0 Å². The van der Waals surface area contributed by atoms with E-state index in [0.29, 0.717) is 5.54 Å². The van der Waals surface area contributed by atoms with Crippen molar-refractivity contribution in [1.29, 1.82) is 0 Å². The Labute approximate surface area is 102 Å². The fourth-order valence-electron chi connectivity index (χ4n) is 2.82. The van der Waals surface area contributed by atoms with Gasteiger partial charge < -0.3 is 5.73 Å². The first kappa shape index (κ1) is 14.0. The SMILES string of the molecule is CC(C)CCN(C)C1(CN)CCCCCC1. The zero-order valence-corrected chi connectivity index (χ0v) is 11.5. The molecule has 2 N–H and O–H groups in total. The average molecular weight is 226 g/mol. The van der Waals surface area contributed by atoms with Crippen LogP contribution in [0.5, 0.6) is 0 Å². The summed E-state index contributed by atoms with van der Waals surface area (Å²) in [5, 5.41) is 0. The molecular weight excluding hydrogens is 196 g/mol. The van der Waals surface area contributed by atoms with Crippen LogP contribution < -0.4 is 5.73 Å². The predicted octanol–water partition coefficient (Wildman–Crippen LogP) is 3.02. The molecule has 1 aliphatic carbocycles. The van der Waals surface area contributed by atoms with Crippen LogP contribution in [0.25, 0.3) is 0 Å². The quantitative estimate of drug-likeness (QED) is 0.730. The Kier molecular flexibility index (Phi) is 5.77. The molecule has 0 aromatic rings. The van der Waals surface area contributed by atoms with Crippen molar-refractivity contribution < 1.29 is 0 Å². The molecule has 1 aliphatic rings. The second-order valence-electron chi connectivity index (χ2n) is 5.95. The molecular formula is C14H30N2. The van der Waals surface area contributed by atoms with Crippen LogP contribution in [0.1, 0.15) is 58.8 Å². The molecule has 0 spiro atoms. The predicted molar refractivity (Wildman–Crippen MR) is 71.6 cm³/mol. The van der Waals surface area contributed by atoms with E-state index in [-0.39, 0.29) is 0 Å². The molecule has 0 bridgehead atoms. The molecule has 0 unspecified atom stereocenters. The summed E-state index contributed by atoms with van der Waals surface area (Å²) in [4.78, 5) is 2.55. The minimum absolute atomic E-state index is 0.311. The van der Waals surface area contributed by atoms with Crippen molar-refractivity contribution in [3.05, 3.63) is 0 Å². The second-order valence-corrected chi connectivity index (χ2v) is 5.95. The molecule has 1 rings (SSSR count). The molecule has 0 saturated heterocycles. The van der Waals surface area contributed by atoms with Crippen LogP contribution in [0.2, 0.25) is 0 Å². The number of nitrogens with two attached hydrogens (primary N) is 1. The average Bonchev–Trinajstić information content (AvgIpc) is 2.51. The lowest BCUT2D eigenvalue weighted by molar-refractivity contribution is 0.102. The van der Waals surface area contributed by atoms with Gasteiger partial charge in [0.15, 0.2) is 0 Å². The Hall–Kier alpha value is -0.0800. The minimum atomic E-state index is 0.311. The molecule has 0 aromatic heterocycles. The van der Waals surface area contributed by atoms with Crippen molar-refractivity contribution in [2.45, 2.75) is 64.3 Å². The maximum absolute atomic E-state index is 6.07. The topological polar surface area (TPSA) is 29.3 Å². The highest BCUT2D eigenvalue weighted by Gasteiger charge is 2.33. The number of hydrogen-bond donors (Lipinski definition) is 1. The van der Waals surface area contributed by atoms with Crippen LogP contribution >= 0.6 is 0 Å². The van der Waals surface area contributed by atoms with E-state index in [1.54, 1.807) is 0 Å². The molecule has 2 nitrogen and oxygen atoms in total. The summed E-state index contributed by atoms with van der Waals surface area (Å²) >= 11 is 0. The zero-order chi connectivity index (χ0) is 12.0. The molecule has 0 heterocycles. The smallest absolute Gasteiger partial charge is 0.0328 e. The highest BCUT2D eigenvalue weighted by atomic mass is 15.2. The Balaban J connectivity index is 2.54. The molecule has 0 aromatic carbocycles. The fraction of sp³-hybridized carbons (Fsp3) is 1.00. The fourth-order valence-corrected chi connectivity index (χ4v) is 2.82. The third-order valence-electron chi connectivity index (χ3n) is 4.27. The maximum Gasteiger partial charge on any atom is 0.0328 e. The van der Waals surface area contributed by atoms with Gasteiger partial charge in [-0.15, -0.1) is 0 Å². The van der Waals surface area contributed by atoms with Crippen LogP contribution in [0.3, 0.4) is 0 Å². The van der Waals surface area contributed by atoms with Crippen molar-refractivity contribution in [3.8, 4) is 0 Å². The molecule has 0 radical (unpaired) electrons. The molecule has 96 valence electrons. The van der Waals surface area contributed by atoms with Gasteiger partial charge >= 0.3 is 0 Å². The van der Waals surface area contributed by atoms with E-state index in [9.17, 15) is 0 Å². The Bertz CT molecular complexity index is 181. The first-order valence-electron chi connectivity index (χ1n) is 7.02. The lowest BCUT2D eigenvalue weighted by atomic mass is 9.88. The molecule has 1 fully saturated rings. The zero-order valence-electron chi connectivity index (χ0n) is 11.5. The van der Waals surface area contributed by atoms with E-state index in [2.05, 4.69) is 25.8 Å². The molecule has 1 saturated carbocycles. The van der Waals surface area contributed by atoms with E-state index >= 15 is 0 Å². The van der Waals surface area contributed by atoms with Crippen molar-refractivity contribution in [3.63, 3.8) is 0 Å². The molecule has 0 aliphatic heterocycles. The number of nitrogens with zero attached hydrogens (tertiary/aromatic N) is 1. The highest BCUT2D eigenvalue weighted by molar-refractivity contribution is 4.91. The highest BCUT2D eigenvalue weighted by Crippen LogP contribution is 2.31. The van der Waals surface area contributed by atoms with Gasteiger partial charge in [-0.2, -0.15) is 0 Å². The summed E-state index contributed by atoms with van der Waals surface area (Å²) in [6, 6.07) is 0. The summed E-state index contributed by atoms with van der Waals surface area (Å²) < 4.78 is 0. The van der Waals surface area contributed by atoms with Crippen molar-refractivity contribution in [2.24, 2.45) is 11.7 Å². The van der Waals surface area contributed by atoms with Crippen LogP contribution in [0.15, 0.2) is 0 Å². The van der Waals surface area contributed by atoms with E-state index in [0.717, 1.165) is 12.5 Å². The summed E-state index contributed by atoms with van der Waals surface area (Å²) in [5.41, 5.74) is 6.38. The van der Waals surface area contributed by atoms with E-state index in [4.69, 9.17) is 5.73 Å². The molecule has 2 heteroatoms. The summed E-state index contributed by atoms with van der Waals surface area (Å²) in [6.45, 7) is 6.64. The van der Waals surface area contributed by atoms with Gasteiger partial charge in [0, 0.05) is 12.1 Å². The summed E-state index contributed by atoms with van der Waals surface area (Å²) in [6.07, 6.45) is 9.43. The third kappa shape index (κ3) is 3.74. The lowest BCUT2D eigenvalue weighted by Gasteiger charge is -2.41. The van der Waals surface area contributed by atoms with Gasteiger partial charge in [-0.3, -0.25) is 4.90 Å². The van der Waals surface area contributed by atoms with Crippen LogP contribution in [0, 0.1) is 5.92 Å². The summed E-state index contributed by atoms with van der Waals surface area (Å²) in [7, 11) is 2.28.